The minimum absolute atomic E-state index is 0.0985. The van der Waals surface area contributed by atoms with E-state index >= 15 is 0 Å². The fraction of sp³-hybridized carbons (Fsp3) is 0.538. The van der Waals surface area contributed by atoms with Crippen molar-refractivity contribution in [3.8, 4) is 0 Å². The van der Waals surface area contributed by atoms with Crippen molar-refractivity contribution in [2.24, 2.45) is 5.92 Å². The SMILES string of the molecule is CC1CC2CNCC2N1S(=O)(=O)c1ccc(I)cc1. The summed E-state index contributed by atoms with van der Waals surface area (Å²) in [5.74, 6) is 0.466. The van der Waals surface area contributed by atoms with Gasteiger partial charge in [-0.25, -0.2) is 8.42 Å². The molecule has 2 aliphatic heterocycles. The van der Waals surface area contributed by atoms with Gasteiger partial charge in [0.1, 0.15) is 0 Å². The molecule has 0 radical (unpaired) electrons. The van der Waals surface area contributed by atoms with Crippen molar-refractivity contribution in [2.45, 2.75) is 30.3 Å². The van der Waals surface area contributed by atoms with Crippen LogP contribution >= 0.6 is 22.6 Å². The maximum Gasteiger partial charge on any atom is 0.243 e. The van der Waals surface area contributed by atoms with Crippen molar-refractivity contribution >= 4 is 32.6 Å². The van der Waals surface area contributed by atoms with Gasteiger partial charge in [0.2, 0.25) is 10.0 Å². The van der Waals surface area contributed by atoms with Crippen LogP contribution in [-0.4, -0.2) is 37.9 Å². The van der Waals surface area contributed by atoms with E-state index in [0.717, 1.165) is 23.1 Å². The number of rotatable bonds is 2. The molecule has 0 aromatic heterocycles. The number of hydrogen-bond acceptors (Lipinski definition) is 3. The first-order valence-corrected chi connectivity index (χ1v) is 9.02. The van der Waals surface area contributed by atoms with Gasteiger partial charge in [0.15, 0.2) is 0 Å². The Bertz CT molecular complexity index is 573. The summed E-state index contributed by atoms with van der Waals surface area (Å²) in [7, 11) is -3.37. The fourth-order valence-electron chi connectivity index (χ4n) is 3.27. The van der Waals surface area contributed by atoms with Crippen LogP contribution in [0.25, 0.3) is 0 Å². The molecule has 1 N–H and O–H groups in total. The van der Waals surface area contributed by atoms with Crippen LogP contribution < -0.4 is 5.32 Å². The zero-order valence-electron chi connectivity index (χ0n) is 10.7. The summed E-state index contributed by atoms with van der Waals surface area (Å²) in [5.41, 5.74) is 0. The third-order valence-electron chi connectivity index (χ3n) is 4.10. The predicted octanol–water partition coefficient (Wildman–Crippen LogP) is 1.66. The summed E-state index contributed by atoms with van der Waals surface area (Å²) < 4.78 is 28.4. The summed E-state index contributed by atoms with van der Waals surface area (Å²) in [5, 5.41) is 3.30. The van der Waals surface area contributed by atoms with Crippen LogP contribution in [0.1, 0.15) is 13.3 Å². The molecule has 1 aromatic carbocycles. The molecule has 0 aliphatic carbocycles. The molecule has 0 amide bonds. The second-order valence-corrected chi connectivity index (χ2v) is 8.45. The molecule has 19 heavy (non-hydrogen) atoms. The molecule has 2 fully saturated rings. The quantitative estimate of drug-likeness (QED) is 0.780. The van der Waals surface area contributed by atoms with Crippen LogP contribution in [0.2, 0.25) is 0 Å². The summed E-state index contributed by atoms with van der Waals surface area (Å²) in [6, 6.07) is 7.33. The molecule has 6 heteroatoms. The molecule has 1 aromatic rings. The number of nitrogens with one attached hydrogen (secondary N) is 1. The summed E-state index contributed by atoms with van der Waals surface area (Å²) in [6.07, 6.45) is 0.960. The van der Waals surface area contributed by atoms with Gasteiger partial charge in [-0.1, -0.05) is 0 Å². The zero-order valence-corrected chi connectivity index (χ0v) is 13.7. The average molecular weight is 392 g/mol. The molecule has 2 saturated heterocycles. The number of halogens is 1. The lowest BCUT2D eigenvalue weighted by Gasteiger charge is -2.26. The smallest absolute Gasteiger partial charge is 0.243 e. The van der Waals surface area contributed by atoms with Crippen LogP contribution in [0.15, 0.2) is 29.2 Å². The zero-order chi connectivity index (χ0) is 13.6. The van der Waals surface area contributed by atoms with E-state index < -0.39 is 10.0 Å². The highest BCUT2D eigenvalue weighted by molar-refractivity contribution is 14.1. The predicted molar refractivity (Wildman–Crippen MR) is 82.4 cm³/mol. The normalized spacial score (nSPS) is 31.6. The lowest BCUT2D eigenvalue weighted by Crippen LogP contribution is -2.42. The lowest BCUT2D eigenvalue weighted by atomic mass is 10.0. The fourth-order valence-corrected chi connectivity index (χ4v) is 5.52. The highest BCUT2D eigenvalue weighted by Gasteiger charge is 2.47. The Hall–Kier alpha value is -0.180. The minimum atomic E-state index is -3.37. The largest absolute Gasteiger partial charge is 0.315 e. The maximum atomic E-state index is 12.8. The third kappa shape index (κ3) is 2.32. The average Bonchev–Trinajstić information content (AvgIpc) is 2.88. The third-order valence-corrected chi connectivity index (χ3v) is 6.87. The first kappa shape index (κ1) is 13.8. The Morgan fingerprint density at radius 1 is 1.26 bits per heavy atom. The number of sulfonamides is 1. The molecule has 2 aliphatic rings. The van der Waals surface area contributed by atoms with Crippen molar-refractivity contribution in [3.05, 3.63) is 27.8 Å². The van der Waals surface area contributed by atoms with Crippen LogP contribution in [-0.2, 0) is 10.0 Å². The molecular formula is C13H17IN2O2S. The maximum absolute atomic E-state index is 12.8. The van der Waals surface area contributed by atoms with E-state index in [-0.39, 0.29) is 12.1 Å². The van der Waals surface area contributed by atoms with E-state index in [1.807, 2.05) is 19.1 Å². The Kier molecular flexibility index (Phi) is 3.61. The molecule has 3 unspecified atom stereocenters. The van der Waals surface area contributed by atoms with Crippen molar-refractivity contribution < 1.29 is 8.42 Å². The van der Waals surface area contributed by atoms with Gasteiger partial charge in [-0.05, 0) is 72.7 Å². The molecule has 3 atom stereocenters. The van der Waals surface area contributed by atoms with E-state index in [2.05, 4.69) is 27.9 Å². The van der Waals surface area contributed by atoms with Crippen molar-refractivity contribution in [1.29, 1.82) is 0 Å². The first-order valence-electron chi connectivity index (χ1n) is 6.50. The standard InChI is InChI=1S/C13H17IN2O2S/c1-9-6-10-7-15-8-13(10)16(9)19(17,18)12-4-2-11(14)3-5-12/h2-5,9-10,13,15H,6-8H2,1H3. The molecule has 3 rings (SSSR count). The highest BCUT2D eigenvalue weighted by atomic mass is 127. The highest BCUT2D eigenvalue weighted by Crippen LogP contribution is 2.36. The molecule has 0 bridgehead atoms. The molecular weight excluding hydrogens is 375 g/mol. The Labute approximate surface area is 127 Å². The van der Waals surface area contributed by atoms with Gasteiger partial charge < -0.3 is 5.32 Å². The van der Waals surface area contributed by atoms with Gasteiger partial charge in [0.25, 0.3) is 0 Å². The van der Waals surface area contributed by atoms with Gasteiger partial charge in [0.05, 0.1) is 4.90 Å². The molecule has 2 heterocycles. The van der Waals surface area contributed by atoms with E-state index in [1.165, 1.54) is 0 Å². The topological polar surface area (TPSA) is 49.4 Å². The summed E-state index contributed by atoms with van der Waals surface area (Å²) >= 11 is 2.18. The van der Waals surface area contributed by atoms with E-state index in [4.69, 9.17) is 0 Å². The van der Waals surface area contributed by atoms with Gasteiger partial charge in [-0.2, -0.15) is 4.31 Å². The van der Waals surface area contributed by atoms with Gasteiger partial charge in [-0.3, -0.25) is 0 Å². The van der Waals surface area contributed by atoms with Crippen LogP contribution in [0.3, 0.4) is 0 Å². The Morgan fingerprint density at radius 3 is 2.63 bits per heavy atom. The molecule has 0 spiro atoms. The number of nitrogens with zero attached hydrogens (tertiary/aromatic N) is 1. The minimum Gasteiger partial charge on any atom is -0.315 e. The Morgan fingerprint density at radius 2 is 1.95 bits per heavy atom. The molecule has 4 nitrogen and oxygen atoms in total. The molecule has 0 saturated carbocycles. The summed E-state index contributed by atoms with van der Waals surface area (Å²) in [4.78, 5) is 0.410. The van der Waals surface area contributed by atoms with Crippen molar-refractivity contribution in [2.75, 3.05) is 13.1 Å². The monoisotopic (exact) mass is 392 g/mol. The summed E-state index contributed by atoms with van der Waals surface area (Å²) in [6.45, 7) is 3.73. The van der Waals surface area contributed by atoms with Crippen molar-refractivity contribution in [1.82, 2.24) is 9.62 Å². The first-order chi connectivity index (χ1) is 9.00. The van der Waals surface area contributed by atoms with Gasteiger partial charge in [0, 0.05) is 22.2 Å². The second kappa shape index (κ2) is 4.98. The van der Waals surface area contributed by atoms with Crippen LogP contribution in [0, 0.1) is 9.49 Å². The second-order valence-electron chi connectivity index (χ2n) is 5.36. The number of hydrogen-bond donors (Lipinski definition) is 1. The Balaban J connectivity index is 1.97. The van der Waals surface area contributed by atoms with Crippen LogP contribution in [0.4, 0.5) is 0 Å². The molecule has 104 valence electrons. The van der Waals surface area contributed by atoms with E-state index in [1.54, 1.807) is 16.4 Å². The number of fused-ring (bicyclic) bond motifs is 1. The van der Waals surface area contributed by atoms with Gasteiger partial charge in [-0.15, -0.1) is 0 Å². The van der Waals surface area contributed by atoms with E-state index in [0.29, 0.717) is 10.8 Å². The lowest BCUT2D eigenvalue weighted by molar-refractivity contribution is 0.336. The van der Waals surface area contributed by atoms with Crippen LogP contribution in [0.5, 0.6) is 0 Å². The number of benzene rings is 1. The van der Waals surface area contributed by atoms with E-state index in [9.17, 15) is 8.42 Å². The van der Waals surface area contributed by atoms with Gasteiger partial charge >= 0.3 is 0 Å². The van der Waals surface area contributed by atoms with Crippen molar-refractivity contribution in [3.63, 3.8) is 0 Å².